The second-order valence-electron chi connectivity index (χ2n) is 3.56. The van der Waals surface area contributed by atoms with Gasteiger partial charge in [0.2, 0.25) is 0 Å². The zero-order valence-electron chi connectivity index (χ0n) is 7.95. The highest BCUT2D eigenvalue weighted by Crippen LogP contribution is 2.22. The Morgan fingerprint density at radius 1 is 1.64 bits per heavy atom. The number of urea groups is 1. The summed E-state index contributed by atoms with van der Waals surface area (Å²) in [5, 5.41) is 2.81. The Labute approximate surface area is 81.5 Å². The van der Waals surface area contributed by atoms with Crippen LogP contribution in [0.15, 0.2) is 0 Å². The molecule has 0 aromatic rings. The molecule has 2 heterocycles. The minimum absolute atomic E-state index is 0.149. The molecule has 2 rings (SSSR count). The van der Waals surface area contributed by atoms with Crippen LogP contribution in [0.1, 0.15) is 12.8 Å². The zero-order chi connectivity index (χ0) is 10.1. The Balaban J connectivity index is 2.05. The lowest BCUT2D eigenvalue weighted by atomic mass is 10.0. The second-order valence-corrected chi connectivity index (χ2v) is 3.56. The summed E-state index contributed by atoms with van der Waals surface area (Å²) < 4.78 is 0. The maximum Gasteiger partial charge on any atom is 0.318 e. The Bertz CT molecular complexity index is 269. The van der Waals surface area contributed by atoms with Crippen LogP contribution in [0.25, 0.3) is 0 Å². The van der Waals surface area contributed by atoms with Crippen molar-refractivity contribution < 1.29 is 14.4 Å². The van der Waals surface area contributed by atoms with Crippen LogP contribution in [-0.4, -0.2) is 42.6 Å². The van der Waals surface area contributed by atoms with Gasteiger partial charge in [0, 0.05) is 12.6 Å². The first-order valence-corrected chi connectivity index (χ1v) is 4.62. The molecule has 2 bridgehead atoms. The van der Waals surface area contributed by atoms with Crippen LogP contribution in [0.4, 0.5) is 4.79 Å². The molecule has 2 fully saturated rings. The molecule has 2 aliphatic heterocycles. The Kier molecular flexibility index (Phi) is 2.28. The Morgan fingerprint density at radius 3 is 3.14 bits per heavy atom. The molecule has 0 spiro atoms. The highest BCUT2D eigenvalue weighted by molar-refractivity contribution is 5.88. The molecule has 6 nitrogen and oxygen atoms in total. The van der Waals surface area contributed by atoms with Crippen LogP contribution >= 0.6 is 0 Å². The molecule has 0 radical (unpaired) electrons. The van der Waals surface area contributed by atoms with Crippen LogP contribution < -0.4 is 10.8 Å². The third-order valence-corrected chi connectivity index (χ3v) is 2.68. The van der Waals surface area contributed by atoms with Gasteiger partial charge in [-0.05, 0) is 12.8 Å². The van der Waals surface area contributed by atoms with Crippen molar-refractivity contribution in [1.29, 1.82) is 0 Å². The topological polar surface area (TPSA) is 70.7 Å². The van der Waals surface area contributed by atoms with Gasteiger partial charge in [0.25, 0.3) is 5.91 Å². The zero-order valence-corrected chi connectivity index (χ0v) is 7.95. The summed E-state index contributed by atoms with van der Waals surface area (Å²) in [6.07, 6.45) is 1.54. The standard InChI is InChI=1S/C8H13N3O3/c1-14-10-7(12)6-3-2-5-4-11(6)8(13)9-5/h5-6H,2-4H2,1H3,(H,9,13)(H,10,12)/t5?,6-/m0/s1. The number of hydrogen-bond donors (Lipinski definition) is 2. The first-order chi connectivity index (χ1) is 6.72. The smallest absolute Gasteiger partial charge is 0.318 e. The van der Waals surface area contributed by atoms with E-state index in [2.05, 4.69) is 15.6 Å². The molecule has 1 unspecified atom stereocenters. The fraction of sp³-hybridized carbons (Fsp3) is 0.750. The minimum Gasteiger partial charge on any atom is -0.333 e. The number of carbonyl (C=O) groups is 2. The summed E-state index contributed by atoms with van der Waals surface area (Å²) in [6, 6.07) is -0.313. The van der Waals surface area contributed by atoms with Crippen LogP contribution in [-0.2, 0) is 9.63 Å². The third-order valence-electron chi connectivity index (χ3n) is 2.68. The molecule has 78 valence electrons. The summed E-state index contributed by atoms with van der Waals surface area (Å²) in [5.74, 6) is -0.247. The van der Waals surface area contributed by atoms with E-state index in [-0.39, 0.29) is 24.0 Å². The SMILES string of the molecule is CONC(=O)[C@@H]1CCC2CN1C(=O)N2. The number of hydrogen-bond acceptors (Lipinski definition) is 3. The van der Waals surface area contributed by atoms with Gasteiger partial charge < -0.3 is 10.2 Å². The fourth-order valence-electron chi connectivity index (χ4n) is 2.01. The number of amides is 3. The van der Waals surface area contributed by atoms with Gasteiger partial charge in [0.15, 0.2) is 0 Å². The molecule has 2 N–H and O–H groups in total. The summed E-state index contributed by atoms with van der Waals surface area (Å²) in [6.45, 7) is 0.626. The lowest BCUT2D eigenvalue weighted by molar-refractivity contribution is -0.136. The van der Waals surface area contributed by atoms with Crippen molar-refractivity contribution in [3.8, 4) is 0 Å². The first-order valence-electron chi connectivity index (χ1n) is 4.62. The average Bonchev–Trinajstić information content (AvgIpc) is 2.43. The number of rotatable bonds is 2. The number of piperidine rings is 1. The van der Waals surface area contributed by atoms with Crippen molar-refractivity contribution in [1.82, 2.24) is 15.7 Å². The highest BCUT2D eigenvalue weighted by Gasteiger charge is 2.41. The van der Waals surface area contributed by atoms with Crippen molar-refractivity contribution in [2.24, 2.45) is 0 Å². The largest absolute Gasteiger partial charge is 0.333 e. The molecular formula is C8H13N3O3. The maximum atomic E-state index is 11.5. The molecule has 3 amide bonds. The predicted octanol–water partition coefficient (Wildman–Crippen LogP) is -0.780. The summed E-state index contributed by atoms with van der Waals surface area (Å²) in [7, 11) is 1.38. The van der Waals surface area contributed by atoms with Gasteiger partial charge in [-0.3, -0.25) is 9.63 Å². The van der Waals surface area contributed by atoms with Gasteiger partial charge >= 0.3 is 6.03 Å². The van der Waals surface area contributed by atoms with E-state index in [0.29, 0.717) is 13.0 Å². The van der Waals surface area contributed by atoms with Gasteiger partial charge in [-0.2, -0.15) is 0 Å². The van der Waals surface area contributed by atoms with E-state index in [4.69, 9.17) is 0 Å². The van der Waals surface area contributed by atoms with Crippen molar-refractivity contribution in [3.05, 3.63) is 0 Å². The van der Waals surface area contributed by atoms with E-state index in [0.717, 1.165) is 6.42 Å². The molecule has 0 aromatic heterocycles. The van der Waals surface area contributed by atoms with Crippen molar-refractivity contribution in [2.45, 2.75) is 24.9 Å². The van der Waals surface area contributed by atoms with Crippen molar-refractivity contribution in [2.75, 3.05) is 13.7 Å². The number of nitrogens with one attached hydrogen (secondary N) is 2. The third kappa shape index (κ3) is 1.41. The predicted molar refractivity (Wildman–Crippen MR) is 47.2 cm³/mol. The first kappa shape index (κ1) is 9.26. The summed E-state index contributed by atoms with van der Waals surface area (Å²) >= 11 is 0. The van der Waals surface area contributed by atoms with Gasteiger partial charge in [-0.15, -0.1) is 0 Å². The quantitative estimate of drug-likeness (QED) is 0.573. The van der Waals surface area contributed by atoms with E-state index in [1.54, 1.807) is 4.90 Å². The van der Waals surface area contributed by atoms with E-state index < -0.39 is 0 Å². The number of hydroxylamine groups is 1. The normalized spacial score (nSPS) is 30.1. The number of fused-ring (bicyclic) bond motifs is 2. The van der Waals surface area contributed by atoms with Crippen LogP contribution in [0.2, 0.25) is 0 Å². The Hall–Kier alpha value is -1.30. The van der Waals surface area contributed by atoms with Crippen LogP contribution in [0.5, 0.6) is 0 Å². The molecule has 14 heavy (non-hydrogen) atoms. The van der Waals surface area contributed by atoms with Gasteiger partial charge in [0.05, 0.1) is 7.11 Å². The number of carbonyl (C=O) groups excluding carboxylic acids is 2. The molecule has 2 saturated heterocycles. The molecule has 0 aromatic carbocycles. The van der Waals surface area contributed by atoms with E-state index in [1.807, 2.05) is 0 Å². The second kappa shape index (κ2) is 3.45. The van der Waals surface area contributed by atoms with Gasteiger partial charge in [0.1, 0.15) is 6.04 Å². The number of nitrogens with zero attached hydrogens (tertiary/aromatic N) is 1. The summed E-state index contributed by atoms with van der Waals surface area (Å²) in [4.78, 5) is 28.9. The Morgan fingerprint density at radius 2 is 2.43 bits per heavy atom. The van der Waals surface area contributed by atoms with Crippen LogP contribution in [0, 0.1) is 0 Å². The highest BCUT2D eigenvalue weighted by atomic mass is 16.6. The molecule has 2 atom stereocenters. The van der Waals surface area contributed by atoms with Gasteiger partial charge in [-0.25, -0.2) is 10.3 Å². The van der Waals surface area contributed by atoms with Crippen molar-refractivity contribution >= 4 is 11.9 Å². The van der Waals surface area contributed by atoms with Crippen LogP contribution in [0.3, 0.4) is 0 Å². The molecule has 2 aliphatic rings. The average molecular weight is 199 g/mol. The lowest BCUT2D eigenvalue weighted by Crippen LogP contribution is -2.49. The maximum absolute atomic E-state index is 11.5. The molecule has 0 aliphatic carbocycles. The van der Waals surface area contributed by atoms with Crippen molar-refractivity contribution in [3.63, 3.8) is 0 Å². The monoisotopic (exact) mass is 199 g/mol. The lowest BCUT2D eigenvalue weighted by Gasteiger charge is -2.28. The minimum atomic E-state index is -0.381. The van der Waals surface area contributed by atoms with Gasteiger partial charge in [-0.1, -0.05) is 0 Å². The summed E-state index contributed by atoms with van der Waals surface area (Å²) in [5.41, 5.74) is 2.26. The fourth-order valence-corrected chi connectivity index (χ4v) is 2.01. The van der Waals surface area contributed by atoms with E-state index >= 15 is 0 Å². The van der Waals surface area contributed by atoms with E-state index in [9.17, 15) is 9.59 Å². The molecule has 6 heteroatoms. The molecule has 0 saturated carbocycles. The molecular weight excluding hydrogens is 186 g/mol. The van der Waals surface area contributed by atoms with E-state index in [1.165, 1.54) is 7.11 Å².